The number of hydrogen-bond donors (Lipinski definition) is 2. The van der Waals surface area contributed by atoms with Crippen molar-refractivity contribution in [3.8, 4) is 0 Å². The summed E-state index contributed by atoms with van der Waals surface area (Å²) in [5.74, 6) is -0.496. The van der Waals surface area contributed by atoms with Gasteiger partial charge in [0, 0.05) is 19.2 Å². The number of nitrogens with one attached hydrogen (secondary N) is 1. The topological polar surface area (TPSA) is 92.4 Å². The van der Waals surface area contributed by atoms with Gasteiger partial charge in [0.05, 0.1) is 0 Å². The summed E-state index contributed by atoms with van der Waals surface area (Å²) in [6, 6.07) is -0.562. The molecule has 0 aliphatic rings. The Morgan fingerprint density at radius 2 is 2.47 bits per heavy atom. The van der Waals surface area contributed by atoms with Crippen LogP contribution >= 0.6 is 0 Å². The first kappa shape index (κ1) is 11.2. The van der Waals surface area contributed by atoms with Gasteiger partial charge in [0.1, 0.15) is 18.7 Å². The van der Waals surface area contributed by atoms with E-state index >= 15 is 0 Å². The summed E-state index contributed by atoms with van der Waals surface area (Å²) in [5, 5.41) is 17.8. The van der Waals surface area contributed by atoms with Crippen LogP contribution in [-0.2, 0) is 4.79 Å². The molecule has 0 fully saturated rings. The zero-order valence-corrected chi connectivity index (χ0v) is 8.53. The molecule has 0 saturated carbocycles. The van der Waals surface area contributed by atoms with E-state index in [1.54, 1.807) is 6.92 Å². The Balaban J connectivity index is 2.93. The normalized spacial score (nSPS) is 15.1. The number of carbonyl (C=O) groups excluding carboxylic acids is 1. The molecule has 0 aromatic carbocycles. The van der Waals surface area contributed by atoms with Gasteiger partial charge >= 0.3 is 0 Å². The molecule has 82 valence electrons. The van der Waals surface area contributed by atoms with E-state index in [-0.39, 0.29) is 11.8 Å². The molecule has 2 atom stereocenters. The number of likely N-dealkylation sites (N-methyl/N-ethyl adjacent to an activating group) is 1. The lowest BCUT2D eigenvalue weighted by Gasteiger charge is -2.18. The van der Waals surface area contributed by atoms with Crippen LogP contribution in [0.5, 0.6) is 0 Å². The minimum atomic E-state index is -0.562. The van der Waals surface area contributed by atoms with Gasteiger partial charge in [-0.1, -0.05) is 6.92 Å². The molecular weight excluding hydrogens is 198 g/mol. The molecule has 1 rings (SSSR count). The first-order valence-electron chi connectivity index (χ1n) is 4.44. The van der Waals surface area contributed by atoms with Gasteiger partial charge in [-0.05, 0) is 0 Å². The highest BCUT2D eigenvalue weighted by molar-refractivity contribution is 5.83. The van der Waals surface area contributed by atoms with Gasteiger partial charge in [-0.3, -0.25) is 4.79 Å². The molecule has 0 spiro atoms. The van der Waals surface area contributed by atoms with Crippen molar-refractivity contribution >= 4 is 12.1 Å². The smallest absolute Gasteiger partial charge is 0.245 e. The van der Waals surface area contributed by atoms with Gasteiger partial charge in [0.15, 0.2) is 0 Å². The van der Waals surface area contributed by atoms with Crippen molar-refractivity contribution in [2.75, 3.05) is 7.05 Å². The molecule has 0 aliphatic heterocycles. The van der Waals surface area contributed by atoms with E-state index in [0.717, 1.165) is 0 Å². The van der Waals surface area contributed by atoms with E-state index < -0.39 is 6.04 Å². The van der Waals surface area contributed by atoms with Crippen LogP contribution < -0.4 is 5.32 Å². The number of aromatic nitrogens is 3. The molecule has 2 unspecified atom stereocenters. The van der Waals surface area contributed by atoms with Crippen LogP contribution in [-0.4, -0.2) is 39.1 Å². The second-order valence-electron chi connectivity index (χ2n) is 3.06. The van der Waals surface area contributed by atoms with Crippen molar-refractivity contribution in [2.24, 2.45) is 11.1 Å². The van der Waals surface area contributed by atoms with Gasteiger partial charge in [0.25, 0.3) is 0 Å². The summed E-state index contributed by atoms with van der Waals surface area (Å²) < 4.78 is 1.42. The summed E-state index contributed by atoms with van der Waals surface area (Å²) in [5.41, 5.74) is 0. The Labute approximate surface area is 86.8 Å². The molecule has 1 heterocycles. The van der Waals surface area contributed by atoms with Crippen LogP contribution in [0.1, 0.15) is 13.0 Å². The summed E-state index contributed by atoms with van der Waals surface area (Å²) in [6.45, 7) is 1.75. The molecule has 1 amide bonds. The highest BCUT2D eigenvalue weighted by Gasteiger charge is 2.25. The number of oxime groups is 1. The summed E-state index contributed by atoms with van der Waals surface area (Å²) >= 11 is 0. The summed E-state index contributed by atoms with van der Waals surface area (Å²) in [4.78, 5) is 15.4. The fraction of sp³-hybridized carbons (Fsp3) is 0.500. The van der Waals surface area contributed by atoms with Crippen LogP contribution in [0.4, 0.5) is 0 Å². The van der Waals surface area contributed by atoms with Gasteiger partial charge in [-0.25, -0.2) is 9.67 Å². The minimum Gasteiger partial charge on any atom is -0.411 e. The van der Waals surface area contributed by atoms with E-state index in [4.69, 9.17) is 5.21 Å². The fourth-order valence-electron chi connectivity index (χ4n) is 1.30. The first-order valence-corrected chi connectivity index (χ1v) is 4.44. The molecule has 7 heteroatoms. The molecule has 0 radical (unpaired) electrons. The third-order valence-corrected chi connectivity index (χ3v) is 2.04. The molecule has 0 bridgehead atoms. The second kappa shape index (κ2) is 5.08. The van der Waals surface area contributed by atoms with Crippen molar-refractivity contribution in [1.82, 2.24) is 20.1 Å². The predicted molar refractivity (Wildman–Crippen MR) is 52.6 cm³/mol. The molecule has 7 nitrogen and oxygen atoms in total. The van der Waals surface area contributed by atoms with Crippen molar-refractivity contribution in [3.63, 3.8) is 0 Å². The fourth-order valence-corrected chi connectivity index (χ4v) is 1.30. The standard InChI is InChI=1S/C8H13N5O2/c1-6(3-12-15)7(8(14)9-2)13-5-10-4-11-13/h3-7,15H,1-2H3,(H,9,14). The third-order valence-electron chi connectivity index (χ3n) is 2.04. The molecule has 1 aromatic heterocycles. The van der Waals surface area contributed by atoms with Crippen molar-refractivity contribution in [3.05, 3.63) is 12.7 Å². The Kier molecular flexibility index (Phi) is 3.78. The third kappa shape index (κ3) is 2.52. The van der Waals surface area contributed by atoms with Gasteiger partial charge in [-0.2, -0.15) is 5.10 Å². The zero-order valence-electron chi connectivity index (χ0n) is 8.53. The maximum Gasteiger partial charge on any atom is 0.245 e. The van der Waals surface area contributed by atoms with Crippen molar-refractivity contribution in [2.45, 2.75) is 13.0 Å². The number of rotatable bonds is 4. The number of hydrogen-bond acceptors (Lipinski definition) is 5. The van der Waals surface area contributed by atoms with E-state index in [1.807, 2.05) is 0 Å². The van der Waals surface area contributed by atoms with Crippen LogP contribution in [0.3, 0.4) is 0 Å². The van der Waals surface area contributed by atoms with Crippen molar-refractivity contribution < 1.29 is 10.0 Å². The Hall–Kier alpha value is -1.92. The predicted octanol–water partition coefficient (Wildman–Crippen LogP) is -0.339. The lowest BCUT2D eigenvalue weighted by atomic mass is 10.0. The average molecular weight is 211 g/mol. The first-order chi connectivity index (χ1) is 7.20. The molecule has 1 aromatic rings. The molecule has 15 heavy (non-hydrogen) atoms. The molecule has 0 aliphatic carbocycles. The van der Waals surface area contributed by atoms with E-state index in [9.17, 15) is 4.79 Å². The minimum absolute atomic E-state index is 0.215. The Bertz CT molecular complexity index is 335. The van der Waals surface area contributed by atoms with Crippen molar-refractivity contribution in [1.29, 1.82) is 0 Å². The van der Waals surface area contributed by atoms with Crippen LogP contribution in [0, 0.1) is 5.92 Å². The average Bonchev–Trinajstić information content (AvgIpc) is 2.71. The largest absolute Gasteiger partial charge is 0.411 e. The van der Waals surface area contributed by atoms with Crippen LogP contribution in [0.15, 0.2) is 17.8 Å². The maximum absolute atomic E-state index is 11.6. The SMILES string of the molecule is CNC(=O)C(C(C)C=NO)n1cncn1. The second-order valence-corrected chi connectivity index (χ2v) is 3.06. The molecular formula is C8H13N5O2. The monoisotopic (exact) mass is 211 g/mol. The molecule has 2 N–H and O–H groups in total. The lowest BCUT2D eigenvalue weighted by molar-refractivity contribution is -0.124. The Morgan fingerprint density at radius 3 is 2.93 bits per heavy atom. The number of carbonyl (C=O) groups is 1. The van der Waals surface area contributed by atoms with E-state index in [2.05, 4.69) is 20.6 Å². The van der Waals surface area contributed by atoms with E-state index in [1.165, 1.54) is 30.6 Å². The number of nitrogens with zero attached hydrogens (tertiary/aromatic N) is 4. The maximum atomic E-state index is 11.6. The molecule has 0 saturated heterocycles. The van der Waals surface area contributed by atoms with Gasteiger partial charge in [-0.15, -0.1) is 5.16 Å². The Morgan fingerprint density at radius 1 is 1.73 bits per heavy atom. The highest BCUT2D eigenvalue weighted by Crippen LogP contribution is 2.14. The van der Waals surface area contributed by atoms with Gasteiger partial charge < -0.3 is 10.5 Å². The zero-order chi connectivity index (χ0) is 11.3. The van der Waals surface area contributed by atoms with Gasteiger partial charge in [0.2, 0.25) is 5.91 Å². The summed E-state index contributed by atoms with van der Waals surface area (Å²) in [6.07, 6.45) is 4.07. The summed E-state index contributed by atoms with van der Waals surface area (Å²) in [7, 11) is 1.54. The number of amides is 1. The lowest BCUT2D eigenvalue weighted by Crippen LogP contribution is -2.34. The highest BCUT2D eigenvalue weighted by atomic mass is 16.4. The quantitative estimate of drug-likeness (QED) is 0.405. The van der Waals surface area contributed by atoms with Crippen LogP contribution in [0.25, 0.3) is 0 Å². The van der Waals surface area contributed by atoms with Crippen LogP contribution in [0.2, 0.25) is 0 Å². The van der Waals surface area contributed by atoms with E-state index in [0.29, 0.717) is 0 Å².